The summed E-state index contributed by atoms with van der Waals surface area (Å²) in [5, 5.41) is 3.33. The summed E-state index contributed by atoms with van der Waals surface area (Å²) >= 11 is 1.41. The van der Waals surface area contributed by atoms with Gasteiger partial charge in [0.25, 0.3) is 0 Å². The van der Waals surface area contributed by atoms with Gasteiger partial charge in [-0.3, -0.25) is 9.59 Å². The third-order valence-electron chi connectivity index (χ3n) is 4.70. The second-order valence-electron chi connectivity index (χ2n) is 6.81. The van der Waals surface area contributed by atoms with Crippen LogP contribution >= 0.6 is 11.3 Å². The molecule has 0 aliphatic rings. The van der Waals surface area contributed by atoms with Crippen LogP contribution in [0.1, 0.15) is 33.6 Å². The molecule has 1 amide bonds. The zero-order valence-corrected chi connectivity index (χ0v) is 18.3. The lowest BCUT2D eigenvalue weighted by Crippen LogP contribution is -2.13. The number of carbonyl (C=O) groups is 2. The van der Waals surface area contributed by atoms with Crippen molar-refractivity contribution in [2.75, 3.05) is 19.5 Å². The molecule has 0 spiro atoms. The van der Waals surface area contributed by atoms with E-state index >= 15 is 0 Å². The number of ketones is 1. The number of thiazole rings is 1. The molecule has 0 unspecified atom stereocenters. The molecule has 156 valence electrons. The fourth-order valence-electron chi connectivity index (χ4n) is 3.07. The predicted octanol–water partition coefficient (Wildman–Crippen LogP) is 5.05. The monoisotopic (exact) mass is 424 g/mol. The van der Waals surface area contributed by atoms with Crippen LogP contribution in [0.2, 0.25) is 0 Å². The van der Waals surface area contributed by atoms with Gasteiger partial charge in [0, 0.05) is 28.8 Å². The summed E-state index contributed by atoms with van der Waals surface area (Å²) in [4.78, 5) is 30.2. The number of rotatable bonds is 8. The zero-order chi connectivity index (χ0) is 21.7. The molecule has 1 aromatic heterocycles. The summed E-state index contributed by atoms with van der Waals surface area (Å²) in [6, 6.07) is 12.7. The van der Waals surface area contributed by atoms with Gasteiger partial charge in [0.1, 0.15) is 11.5 Å². The molecular weight excluding hydrogens is 400 g/mol. The van der Waals surface area contributed by atoms with E-state index in [-0.39, 0.29) is 24.5 Å². The van der Waals surface area contributed by atoms with Gasteiger partial charge in [0.15, 0.2) is 10.9 Å². The van der Waals surface area contributed by atoms with Crippen molar-refractivity contribution >= 4 is 28.2 Å². The van der Waals surface area contributed by atoms with E-state index in [1.165, 1.54) is 11.3 Å². The van der Waals surface area contributed by atoms with E-state index in [4.69, 9.17) is 9.47 Å². The molecule has 0 bridgehead atoms. The first-order valence-corrected chi connectivity index (χ1v) is 10.3. The fourth-order valence-corrected chi connectivity index (χ4v) is 3.93. The number of aryl methyl sites for hydroxylation is 2. The molecular formula is C23H24N2O4S. The number of amides is 1. The lowest BCUT2D eigenvalue weighted by molar-refractivity contribution is -0.116. The molecule has 3 aromatic rings. The number of nitrogens with zero attached hydrogens (tertiary/aromatic N) is 1. The van der Waals surface area contributed by atoms with Crippen molar-refractivity contribution in [1.82, 2.24) is 4.98 Å². The average Bonchev–Trinajstić information content (AvgIpc) is 3.11. The van der Waals surface area contributed by atoms with E-state index in [0.717, 1.165) is 27.4 Å². The van der Waals surface area contributed by atoms with Crippen LogP contribution < -0.4 is 14.8 Å². The van der Waals surface area contributed by atoms with Gasteiger partial charge < -0.3 is 14.8 Å². The van der Waals surface area contributed by atoms with Gasteiger partial charge in [-0.1, -0.05) is 0 Å². The molecule has 2 aromatic carbocycles. The van der Waals surface area contributed by atoms with Crippen molar-refractivity contribution in [3.63, 3.8) is 0 Å². The number of carbonyl (C=O) groups excluding carboxylic acids is 2. The maximum atomic E-state index is 12.3. The van der Waals surface area contributed by atoms with Gasteiger partial charge in [0.05, 0.1) is 19.9 Å². The number of methoxy groups -OCH3 is 2. The standard InChI is InChI=1S/C23H24N2O4S/c1-14-13-17(7-11-20(14)29-4)22-15(2)30-23(25-22)24-21(27)12-10-19(26)16-5-8-18(28-3)9-6-16/h5-9,11,13H,10,12H2,1-4H3,(H,24,25,27). The minimum atomic E-state index is -0.233. The largest absolute Gasteiger partial charge is 0.497 e. The van der Waals surface area contributed by atoms with Crippen LogP contribution in [0.4, 0.5) is 5.13 Å². The maximum Gasteiger partial charge on any atom is 0.226 e. The molecule has 0 aliphatic carbocycles. The number of hydrogen-bond donors (Lipinski definition) is 1. The highest BCUT2D eigenvalue weighted by atomic mass is 32.1. The maximum absolute atomic E-state index is 12.3. The normalized spacial score (nSPS) is 10.5. The van der Waals surface area contributed by atoms with Crippen LogP contribution in [-0.2, 0) is 4.79 Å². The Morgan fingerprint density at radius 1 is 1.00 bits per heavy atom. The number of Topliss-reactive ketones (excluding diaryl/α,β-unsaturated/α-hetero) is 1. The molecule has 1 heterocycles. The summed E-state index contributed by atoms with van der Waals surface area (Å²) in [6.07, 6.45) is 0.230. The van der Waals surface area contributed by atoms with Gasteiger partial charge in [0.2, 0.25) is 5.91 Å². The smallest absolute Gasteiger partial charge is 0.226 e. The fraction of sp³-hybridized carbons (Fsp3) is 0.261. The highest BCUT2D eigenvalue weighted by Crippen LogP contribution is 2.32. The lowest BCUT2D eigenvalue weighted by Gasteiger charge is -2.06. The number of benzene rings is 2. The van der Waals surface area contributed by atoms with Crippen LogP contribution in [0, 0.1) is 13.8 Å². The first-order valence-electron chi connectivity index (χ1n) is 9.50. The van der Waals surface area contributed by atoms with Crippen molar-refractivity contribution < 1.29 is 19.1 Å². The lowest BCUT2D eigenvalue weighted by atomic mass is 10.1. The van der Waals surface area contributed by atoms with Crippen LogP contribution in [0.5, 0.6) is 11.5 Å². The van der Waals surface area contributed by atoms with Crippen molar-refractivity contribution in [2.45, 2.75) is 26.7 Å². The predicted molar refractivity (Wildman–Crippen MR) is 119 cm³/mol. The van der Waals surface area contributed by atoms with Crippen LogP contribution in [0.25, 0.3) is 11.3 Å². The first kappa shape index (κ1) is 21.5. The minimum Gasteiger partial charge on any atom is -0.497 e. The Morgan fingerprint density at radius 2 is 1.73 bits per heavy atom. The van der Waals surface area contributed by atoms with Gasteiger partial charge >= 0.3 is 0 Å². The summed E-state index contributed by atoms with van der Waals surface area (Å²) < 4.78 is 10.4. The van der Waals surface area contributed by atoms with Crippen LogP contribution in [0.3, 0.4) is 0 Å². The van der Waals surface area contributed by atoms with Gasteiger partial charge in [-0.05, 0) is 61.9 Å². The molecule has 1 N–H and O–H groups in total. The SMILES string of the molecule is COc1ccc(C(=O)CCC(=O)Nc2nc(-c3ccc(OC)c(C)c3)c(C)s2)cc1. The Bertz CT molecular complexity index is 1060. The Balaban J connectivity index is 1.61. The molecule has 6 nitrogen and oxygen atoms in total. The van der Waals surface area contributed by atoms with Crippen LogP contribution in [0.15, 0.2) is 42.5 Å². The summed E-state index contributed by atoms with van der Waals surface area (Å²) in [5.41, 5.74) is 3.38. The zero-order valence-electron chi connectivity index (χ0n) is 17.4. The summed E-state index contributed by atoms with van der Waals surface area (Å²) in [5.74, 6) is 1.19. The number of hydrogen-bond acceptors (Lipinski definition) is 6. The first-order chi connectivity index (χ1) is 14.4. The van der Waals surface area contributed by atoms with Crippen LogP contribution in [-0.4, -0.2) is 30.9 Å². The van der Waals surface area contributed by atoms with E-state index in [1.807, 2.05) is 32.0 Å². The quantitative estimate of drug-likeness (QED) is 0.512. The summed E-state index contributed by atoms with van der Waals surface area (Å²) in [7, 11) is 3.21. The molecule has 0 aliphatic heterocycles. The van der Waals surface area contributed by atoms with Gasteiger partial charge in [-0.2, -0.15) is 0 Å². The molecule has 0 saturated heterocycles. The Labute approximate surface area is 179 Å². The molecule has 0 saturated carbocycles. The van der Waals surface area contributed by atoms with E-state index in [9.17, 15) is 9.59 Å². The molecule has 0 atom stereocenters. The second kappa shape index (κ2) is 9.54. The van der Waals surface area contributed by atoms with Crippen molar-refractivity contribution in [3.05, 3.63) is 58.5 Å². The van der Waals surface area contributed by atoms with Gasteiger partial charge in [-0.15, -0.1) is 11.3 Å². The summed E-state index contributed by atoms with van der Waals surface area (Å²) in [6.45, 7) is 3.95. The topological polar surface area (TPSA) is 77.5 Å². The van der Waals surface area contributed by atoms with Gasteiger partial charge in [-0.25, -0.2) is 4.98 Å². The van der Waals surface area contributed by atoms with Crippen molar-refractivity contribution in [3.8, 4) is 22.8 Å². The van der Waals surface area contributed by atoms with E-state index in [2.05, 4.69) is 10.3 Å². The van der Waals surface area contributed by atoms with E-state index in [0.29, 0.717) is 16.4 Å². The number of nitrogens with one attached hydrogen (secondary N) is 1. The number of anilines is 1. The van der Waals surface area contributed by atoms with E-state index in [1.54, 1.807) is 38.5 Å². The molecule has 0 radical (unpaired) electrons. The highest BCUT2D eigenvalue weighted by Gasteiger charge is 2.15. The second-order valence-corrected chi connectivity index (χ2v) is 8.01. The minimum absolute atomic E-state index is 0.0856. The average molecular weight is 425 g/mol. The Morgan fingerprint density at radius 3 is 2.37 bits per heavy atom. The Kier molecular flexibility index (Phi) is 6.84. The number of aromatic nitrogens is 1. The highest BCUT2D eigenvalue weighted by molar-refractivity contribution is 7.16. The third kappa shape index (κ3) is 5.04. The Hall–Kier alpha value is -3.19. The molecule has 3 rings (SSSR count). The molecule has 7 heteroatoms. The van der Waals surface area contributed by atoms with Crippen molar-refractivity contribution in [1.29, 1.82) is 0 Å². The molecule has 0 fully saturated rings. The van der Waals surface area contributed by atoms with Crippen molar-refractivity contribution in [2.24, 2.45) is 0 Å². The number of ether oxygens (including phenoxy) is 2. The third-order valence-corrected chi connectivity index (χ3v) is 5.59. The van der Waals surface area contributed by atoms with E-state index < -0.39 is 0 Å². The molecule has 30 heavy (non-hydrogen) atoms.